The molecule has 0 fully saturated rings. The van der Waals surface area contributed by atoms with Crippen LogP contribution in [0, 0.1) is 5.82 Å². The average molecular weight is 425 g/mol. The zero-order valence-corrected chi connectivity index (χ0v) is 15.5. The predicted octanol–water partition coefficient (Wildman–Crippen LogP) is 4.41. The molecule has 0 saturated heterocycles. The fraction of sp³-hybridized carbons (Fsp3) is 0.211. The van der Waals surface area contributed by atoms with Gasteiger partial charge in [-0.25, -0.2) is 4.39 Å². The van der Waals surface area contributed by atoms with E-state index in [9.17, 15) is 22.4 Å². The van der Waals surface area contributed by atoms with Crippen LogP contribution in [-0.4, -0.2) is 32.1 Å². The van der Waals surface area contributed by atoms with Crippen molar-refractivity contribution in [2.45, 2.75) is 19.3 Å². The van der Waals surface area contributed by atoms with E-state index in [-0.39, 0.29) is 24.5 Å². The second-order valence-corrected chi connectivity index (χ2v) is 6.89. The van der Waals surface area contributed by atoms with Gasteiger partial charge in [-0.2, -0.15) is 13.2 Å². The molecule has 0 unspecified atom stereocenters. The van der Waals surface area contributed by atoms with Gasteiger partial charge < -0.3 is 9.47 Å². The van der Waals surface area contributed by atoms with Gasteiger partial charge in [0.2, 0.25) is 5.82 Å². The number of alkyl halides is 3. The summed E-state index contributed by atoms with van der Waals surface area (Å²) >= 11 is 5.94. The maximum absolute atomic E-state index is 13.1. The largest absolute Gasteiger partial charge is 0.417 e. The summed E-state index contributed by atoms with van der Waals surface area (Å²) in [6, 6.07) is 9.24. The highest BCUT2D eigenvalue weighted by Gasteiger charge is 2.35. The van der Waals surface area contributed by atoms with Crippen molar-refractivity contribution in [3.8, 4) is 11.4 Å². The Morgan fingerprint density at radius 2 is 1.69 bits per heavy atom. The minimum atomic E-state index is -4.58. The first-order chi connectivity index (χ1) is 13.8. The molecule has 4 rings (SSSR count). The molecule has 0 bridgehead atoms. The van der Waals surface area contributed by atoms with E-state index >= 15 is 0 Å². The maximum Gasteiger partial charge on any atom is 0.417 e. The quantitative estimate of drug-likeness (QED) is 0.585. The number of amides is 1. The number of hydrogen-bond donors (Lipinski definition) is 0. The van der Waals surface area contributed by atoms with Crippen LogP contribution in [0.3, 0.4) is 0 Å². The summed E-state index contributed by atoms with van der Waals surface area (Å²) in [5.41, 5.74) is -0.142. The van der Waals surface area contributed by atoms with Crippen molar-refractivity contribution in [3.05, 3.63) is 70.3 Å². The smallest absolute Gasteiger partial charge is 0.330 e. The summed E-state index contributed by atoms with van der Waals surface area (Å²) in [7, 11) is 0. The first kappa shape index (κ1) is 19.4. The molecule has 0 atom stereocenters. The van der Waals surface area contributed by atoms with Gasteiger partial charge in [0.1, 0.15) is 5.82 Å². The van der Waals surface area contributed by atoms with E-state index in [0.717, 1.165) is 6.07 Å². The Balaban J connectivity index is 1.60. The number of carbonyl (C=O) groups excluding carboxylic acids is 1. The monoisotopic (exact) mass is 424 g/mol. The number of nitrogens with zero attached hydrogens (tertiary/aromatic N) is 4. The Hall–Kier alpha value is -2.94. The van der Waals surface area contributed by atoms with E-state index in [1.165, 1.54) is 41.3 Å². The van der Waals surface area contributed by atoms with Crippen molar-refractivity contribution < 1.29 is 22.4 Å². The lowest BCUT2D eigenvalue weighted by atomic mass is 10.1. The summed E-state index contributed by atoms with van der Waals surface area (Å²) in [6.45, 7) is 0.502. The fourth-order valence-corrected chi connectivity index (χ4v) is 3.52. The van der Waals surface area contributed by atoms with Gasteiger partial charge in [0.15, 0.2) is 5.82 Å². The molecule has 0 aliphatic carbocycles. The van der Waals surface area contributed by atoms with Crippen LogP contribution in [0.4, 0.5) is 17.6 Å². The summed E-state index contributed by atoms with van der Waals surface area (Å²) in [6.07, 6.45) is -4.58. The summed E-state index contributed by atoms with van der Waals surface area (Å²) < 4.78 is 53.9. The standard InChI is InChI=1S/C19H13ClF4N4O/c20-15-12(2-1-3-14(15)19(22,23)24)10-27-8-9-28-16(25-26-17(28)18(27)29)11-4-6-13(21)7-5-11/h1-7H,8-10H2. The molecule has 0 N–H and O–H groups in total. The second kappa shape index (κ2) is 7.14. The molecule has 0 radical (unpaired) electrons. The molecule has 1 aromatic heterocycles. The molecule has 0 spiro atoms. The Bertz CT molecular complexity index is 1080. The van der Waals surface area contributed by atoms with E-state index in [0.29, 0.717) is 17.9 Å². The van der Waals surface area contributed by atoms with Crippen LogP contribution in [0.25, 0.3) is 11.4 Å². The third-order valence-electron chi connectivity index (χ3n) is 4.67. The van der Waals surface area contributed by atoms with Gasteiger partial charge in [-0.3, -0.25) is 4.79 Å². The van der Waals surface area contributed by atoms with Crippen molar-refractivity contribution in [2.24, 2.45) is 0 Å². The van der Waals surface area contributed by atoms with Gasteiger partial charge in [0.25, 0.3) is 5.91 Å². The number of hydrogen-bond acceptors (Lipinski definition) is 3. The van der Waals surface area contributed by atoms with E-state index in [4.69, 9.17) is 11.6 Å². The van der Waals surface area contributed by atoms with E-state index in [1.807, 2.05) is 0 Å². The van der Waals surface area contributed by atoms with Crippen LogP contribution in [0.5, 0.6) is 0 Å². The van der Waals surface area contributed by atoms with Crippen LogP contribution < -0.4 is 0 Å². The van der Waals surface area contributed by atoms with Crippen molar-refractivity contribution in [2.75, 3.05) is 6.54 Å². The molecular formula is C19H13ClF4N4O. The first-order valence-electron chi connectivity index (χ1n) is 8.58. The SMILES string of the molecule is O=C1c2nnc(-c3ccc(F)cc3)n2CCN1Cc1cccc(C(F)(F)F)c1Cl. The summed E-state index contributed by atoms with van der Waals surface area (Å²) in [5.74, 6) is -0.373. The second-order valence-electron chi connectivity index (χ2n) is 6.51. The van der Waals surface area contributed by atoms with Crippen LogP contribution in [0.1, 0.15) is 21.7 Å². The number of aromatic nitrogens is 3. The third-order valence-corrected chi connectivity index (χ3v) is 5.12. The molecule has 0 saturated carbocycles. The molecule has 150 valence electrons. The van der Waals surface area contributed by atoms with Crippen LogP contribution >= 0.6 is 11.6 Å². The molecule has 2 heterocycles. The normalized spacial score (nSPS) is 14.2. The van der Waals surface area contributed by atoms with Crippen LogP contribution in [-0.2, 0) is 19.3 Å². The number of carbonyl (C=O) groups is 1. The molecule has 5 nitrogen and oxygen atoms in total. The van der Waals surface area contributed by atoms with Crippen molar-refractivity contribution in [1.82, 2.24) is 19.7 Å². The highest BCUT2D eigenvalue weighted by Crippen LogP contribution is 2.36. The maximum atomic E-state index is 13.1. The molecule has 1 amide bonds. The zero-order chi connectivity index (χ0) is 20.8. The molecule has 1 aliphatic rings. The van der Waals surface area contributed by atoms with E-state index in [2.05, 4.69) is 10.2 Å². The number of fused-ring (bicyclic) bond motifs is 1. The van der Waals surface area contributed by atoms with Gasteiger partial charge in [-0.15, -0.1) is 10.2 Å². The first-order valence-corrected chi connectivity index (χ1v) is 8.96. The Labute approximate surface area is 167 Å². The lowest BCUT2D eigenvalue weighted by Crippen LogP contribution is -2.40. The Morgan fingerprint density at radius 1 is 1.00 bits per heavy atom. The van der Waals surface area contributed by atoms with E-state index < -0.39 is 28.5 Å². The third kappa shape index (κ3) is 3.57. The highest BCUT2D eigenvalue weighted by molar-refractivity contribution is 6.32. The van der Waals surface area contributed by atoms with Gasteiger partial charge in [-0.1, -0.05) is 23.7 Å². The topological polar surface area (TPSA) is 51.0 Å². The van der Waals surface area contributed by atoms with Crippen molar-refractivity contribution in [1.29, 1.82) is 0 Å². The minimum Gasteiger partial charge on any atom is -0.330 e. The van der Waals surface area contributed by atoms with E-state index in [1.54, 1.807) is 4.57 Å². The molecular weight excluding hydrogens is 412 g/mol. The highest BCUT2D eigenvalue weighted by atomic mass is 35.5. The minimum absolute atomic E-state index is 0.0682. The molecule has 10 heteroatoms. The lowest BCUT2D eigenvalue weighted by Gasteiger charge is -2.28. The predicted molar refractivity (Wildman–Crippen MR) is 96.6 cm³/mol. The van der Waals surface area contributed by atoms with Crippen LogP contribution in [0.2, 0.25) is 5.02 Å². The van der Waals surface area contributed by atoms with Gasteiger partial charge in [-0.05, 0) is 35.9 Å². The lowest BCUT2D eigenvalue weighted by molar-refractivity contribution is -0.137. The van der Waals surface area contributed by atoms with Crippen molar-refractivity contribution in [3.63, 3.8) is 0 Å². The Kier molecular flexibility index (Phi) is 4.77. The fourth-order valence-electron chi connectivity index (χ4n) is 3.23. The molecule has 29 heavy (non-hydrogen) atoms. The molecule has 2 aromatic carbocycles. The Morgan fingerprint density at radius 3 is 2.38 bits per heavy atom. The number of halogens is 5. The van der Waals surface area contributed by atoms with Crippen molar-refractivity contribution >= 4 is 17.5 Å². The summed E-state index contributed by atoms with van der Waals surface area (Å²) in [5, 5.41) is 7.52. The van der Waals surface area contributed by atoms with Crippen LogP contribution in [0.15, 0.2) is 42.5 Å². The molecule has 1 aliphatic heterocycles. The number of benzene rings is 2. The zero-order valence-electron chi connectivity index (χ0n) is 14.7. The number of rotatable bonds is 3. The van der Waals surface area contributed by atoms with Gasteiger partial charge >= 0.3 is 6.18 Å². The average Bonchev–Trinajstić information content (AvgIpc) is 3.10. The molecule has 3 aromatic rings. The van der Waals surface area contributed by atoms with Gasteiger partial charge in [0, 0.05) is 25.2 Å². The van der Waals surface area contributed by atoms with Gasteiger partial charge in [0.05, 0.1) is 10.6 Å². The summed E-state index contributed by atoms with van der Waals surface area (Å²) in [4.78, 5) is 14.2.